The van der Waals surface area contributed by atoms with Crippen LogP contribution in [0.15, 0.2) is 0 Å². The molecule has 15 heavy (non-hydrogen) atoms. The molecule has 0 rings (SSSR count). The lowest BCUT2D eigenvalue weighted by Crippen LogP contribution is -2.37. The smallest absolute Gasteiger partial charge is 0.235 e. The van der Waals surface area contributed by atoms with E-state index < -0.39 is 16.0 Å². The fourth-order valence-corrected chi connectivity index (χ4v) is 2.31. The molecule has 1 amide bonds. The Morgan fingerprint density at radius 2 is 2.07 bits per heavy atom. The molecule has 0 heterocycles. The average molecular weight is 234 g/mol. The lowest BCUT2D eigenvalue weighted by atomic mass is 10.2. The molecule has 3 N–H and O–H groups in total. The first-order valence-electron chi connectivity index (χ1n) is 5.37. The summed E-state index contributed by atoms with van der Waals surface area (Å²) in [6.45, 7) is 6.78. The molecular weight excluding hydrogens is 212 g/mol. The van der Waals surface area contributed by atoms with Crippen LogP contribution in [0.4, 0.5) is 0 Å². The molecule has 0 aromatic heterocycles. The predicted octanol–water partition coefficient (Wildman–Crippen LogP) is 0.245. The van der Waals surface area contributed by atoms with Crippen molar-refractivity contribution in [2.45, 2.75) is 32.4 Å². The summed E-state index contributed by atoms with van der Waals surface area (Å²) in [6.07, 6.45) is 0.893. The van der Waals surface area contributed by atoms with Gasteiger partial charge in [0, 0.05) is 23.1 Å². The molecule has 4 nitrogen and oxygen atoms in total. The fourth-order valence-electron chi connectivity index (χ4n) is 1.00. The van der Waals surface area contributed by atoms with Gasteiger partial charge in [-0.15, -0.1) is 0 Å². The summed E-state index contributed by atoms with van der Waals surface area (Å²) >= 11 is 0. The number of hydrogen-bond acceptors (Lipinski definition) is 3. The van der Waals surface area contributed by atoms with Crippen LogP contribution < -0.4 is 11.1 Å². The molecule has 0 spiro atoms. The summed E-state index contributed by atoms with van der Waals surface area (Å²) in [7, 11) is -1.12. The van der Waals surface area contributed by atoms with Gasteiger partial charge in [0.25, 0.3) is 0 Å². The quantitative estimate of drug-likeness (QED) is 0.663. The maximum atomic E-state index is 11.7. The third-order valence-corrected chi connectivity index (χ3v) is 4.06. The highest BCUT2D eigenvalue weighted by Crippen LogP contribution is 2.02. The van der Waals surface area contributed by atoms with Crippen LogP contribution >= 0.6 is 0 Å². The number of amides is 1. The van der Waals surface area contributed by atoms with E-state index in [1.165, 1.54) is 0 Å². The van der Waals surface area contributed by atoms with Gasteiger partial charge in [-0.3, -0.25) is 9.00 Å². The van der Waals surface area contributed by atoms with E-state index in [0.717, 1.165) is 6.42 Å². The topological polar surface area (TPSA) is 72.2 Å². The molecule has 3 atom stereocenters. The molecular formula is C10H22N2O2S. The number of rotatable bonds is 7. The van der Waals surface area contributed by atoms with Gasteiger partial charge in [-0.1, -0.05) is 13.8 Å². The van der Waals surface area contributed by atoms with Gasteiger partial charge in [0.15, 0.2) is 0 Å². The molecule has 0 saturated carbocycles. The van der Waals surface area contributed by atoms with Crippen LogP contribution in [0.3, 0.4) is 0 Å². The lowest BCUT2D eigenvalue weighted by Gasteiger charge is -2.14. The first kappa shape index (κ1) is 14.6. The zero-order valence-corrected chi connectivity index (χ0v) is 10.6. The van der Waals surface area contributed by atoms with Crippen LogP contribution in [0, 0.1) is 5.92 Å². The van der Waals surface area contributed by atoms with Crippen LogP contribution in [0.2, 0.25) is 0 Å². The maximum Gasteiger partial charge on any atom is 0.235 e. The van der Waals surface area contributed by atoms with Gasteiger partial charge in [0.2, 0.25) is 5.91 Å². The van der Waals surface area contributed by atoms with E-state index >= 15 is 0 Å². The summed E-state index contributed by atoms with van der Waals surface area (Å²) in [5, 5.41) is 2.30. The largest absolute Gasteiger partial charge is 0.355 e. The molecule has 0 saturated heterocycles. The molecule has 0 bridgehead atoms. The molecule has 0 radical (unpaired) electrons. The summed E-state index contributed by atoms with van der Waals surface area (Å²) in [6, 6.07) is 0. The van der Waals surface area contributed by atoms with Crippen molar-refractivity contribution in [2.75, 3.05) is 18.8 Å². The van der Waals surface area contributed by atoms with Crippen molar-refractivity contribution in [1.82, 2.24) is 5.32 Å². The molecule has 3 unspecified atom stereocenters. The molecule has 0 aliphatic rings. The Morgan fingerprint density at radius 1 is 1.47 bits per heavy atom. The second-order valence-electron chi connectivity index (χ2n) is 3.82. The highest BCUT2D eigenvalue weighted by atomic mass is 32.2. The Hall–Kier alpha value is -0.420. The third kappa shape index (κ3) is 5.89. The van der Waals surface area contributed by atoms with Crippen molar-refractivity contribution < 1.29 is 9.00 Å². The zero-order chi connectivity index (χ0) is 11.8. The summed E-state index contributed by atoms with van der Waals surface area (Å²) in [4.78, 5) is 11.5. The van der Waals surface area contributed by atoms with Crippen molar-refractivity contribution in [3.8, 4) is 0 Å². The molecule has 0 aliphatic heterocycles. The van der Waals surface area contributed by atoms with Crippen LogP contribution in [0.1, 0.15) is 27.2 Å². The maximum absolute atomic E-state index is 11.7. The van der Waals surface area contributed by atoms with Crippen LogP contribution in [0.25, 0.3) is 0 Å². The van der Waals surface area contributed by atoms with Gasteiger partial charge in [-0.05, 0) is 25.8 Å². The third-order valence-electron chi connectivity index (χ3n) is 2.16. The van der Waals surface area contributed by atoms with E-state index in [2.05, 4.69) is 5.32 Å². The summed E-state index contributed by atoms with van der Waals surface area (Å²) in [5.74, 6) is 0.573. The van der Waals surface area contributed by atoms with E-state index in [4.69, 9.17) is 5.73 Å². The Balaban J connectivity index is 4.02. The van der Waals surface area contributed by atoms with Crippen molar-refractivity contribution in [2.24, 2.45) is 11.7 Å². The van der Waals surface area contributed by atoms with Gasteiger partial charge in [0.1, 0.15) is 5.25 Å². The number of carbonyl (C=O) groups excluding carboxylic acids is 1. The second-order valence-corrected chi connectivity index (χ2v) is 5.62. The zero-order valence-electron chi connectivity index (χ0n) is 9.79. The Morgan fingerprint density at radius 3 is 2.53 bits per heavy atom. The highest BCUT2D eigenvalue weighted by molar-refractivity contribution is 7.86. The van der Waals surface area contributed by atoms with Gasteiger partial charge in [-0.2, -0.15) is 0 Å². The minimum Gasteiger partial charge on any atom is -0.355 e. The van der Waals surface area contributed by atoms with E-state index in [1.807, 2.05) is 13.8 Å². The normalized spacial score (nSPS) is 16.8. The molecule has 0 aliphatic carbocycles. The Labute approximate surface area is 94.4 Å². The minimum atomic E-state index is -1.12. The average Bonchev–Trinajstić information content (AvgIpc) is 2.24. The van der Waals surface area contributed by atoms with E-state index in [0.29, 0.717) is 18.8 Å². The molecule has 0 aromatic carbocycles. The second kappa shape index (κ2) is 7.82. The highest BCUT2D eigenvalue weighted by Gasteiger charge is 2.20. The minimum absolute atomic E-state index is 0.126. The molecule has 0 fully saturated rings. The molecule has 0 aromatic rings. The van der Waals surface area contributed by atoms with Gasteiger partial charge in [-0.25, -0.2) is 0 Å². The predicted molar refractivity (Wildman–Crippen MR) is 64.0 cm³/mol. The number of hydrogen-bond donors (Lipinski definition) is 2. The fraction of sp³-hybridized carbons (Fsp3) is 0.900. The monoisotopic (exact) mass is 234 g/mol. The Bertz CT molecular complexity index is 221. The summed E-state index contributed by atoms with van der Waals surface area (Å²) in [5.41, 5.74) is 5.44. The van der Waals surface area contributed by atoms with Gasteiger partial charge in [0.05, 0.1) is 0 Å². The van der Waals surface area contributed by atoms with Crippen molar-refractivity contribution >= 4 is 16.7 Å². The molecule has 90 valence electrons. The first-order chi connectivity index (χ1) is 7.02. The van der Waals surface area contributed by atoms with Gasteiger partial charge >= 0.3 is 0 Å². The SMILES string of the molecule is CCCNC(=O)C(C)S(=O)CC(C)CN. The first-order valence-corrected chi connectivity index (χ1v) is 6.76. The summed E-state index contributed by atoms with van der Waals surface area (Å²) < 4.78 is 11.7. The van der Waals surface area contributed by atoms with Crippen molar-refractivity contribution in [3.05, 3.63) is 0 Å². The van der Waals surface area contributed by atoms with Gasteiger partial charge < -0.3 is 11.1 Å². The number of nitrogens with one attached hydrogen (secondary N) is 1. The van der Waals surface area contributed by atoms with Crippen LogP contribution in [-0.2, 0) is 15.6 Å². The Kier molecular flexibility index (Phi) is 7.60. The standard InChI is InChI=1S/C10H22N2O2S/c1-4-5-12-10(13)9(3)15(14)7-8(2)6-11/h8-9H,4-7,11H2,1-3H3,(H,12,13). The van der Waals surface area contributed by atoms with Crippen molar-refractivity contribution in [1.29, 1.82) is 0 Å². The number of carbonyl (C=O) groups is 1. The van der Waals surface area contributed by atoms with E-state index in [-0.39, 0.29) is 11.8 Å². The van der Waals surface area contributed by atoms with E-state index in [1.54, 1.807) is 6.92 Å². The van der Waals surface area contributed by atoms with Crippen molar-refractivity contribution in [3.63, 3.8) is 0 Å². The van der Waals surface area contributed by atoms with E-state index in [9.17, 15) is 9.00 Å². The van der Waals surface area contributed by atoms with Crippen LogP contribution in [0.5, 0.6) is 0 Å². The molecule has 5 heteroatoms. The number of nitrogens with two attached hydrogens (primary N) is 1. The van der Waals surface area contributed by atoms with Crippen LogP contribution in [-0.4, -0.2) is 34.2 Å². The lowest BCUT2D eigenvalue weighted by molar-refractivity contribution is -0.120.